The van der Waals surface area contributed by atoms with Crippen molar-refractivity contribution < 1.29 is 4.74 Å². The molecule has 5 nitrogen and oxygen atoms in total. The third-order valence-corrected chi connectivity index (χ3v) is 4.33. The average molecular weight is 332 g/mol. The quantitative estimate of drug-likeness (QED) is 0.595. The molecule has 0 saturated carbocycles. The van der Waals surface area contributed by atoms with E-state index >= 15 is 0 Å². The van der Waals surface area contributed by atoms with E-state index in [1.807, 2.05) is 37.4 Å². The van der Waals surface area contributed by atoms with Gasteiger partial charge < -0.3 is 20.3 Å². The van der Waals surface area contributed by atoms with Crippen molar-refractivity contribution in [3.8, 4) is 5.75 Å². The Bertz CT molecular complexity index is 483. The highest BCUT2D eigenvalue weighted by atomic mass is 16.5. The van der Waals surface area contributed by atoms with E-state index in [0.29, 0.717) is 6.04 Å². The number of hydrogen-bond acceptors (Lipinski definition) is 3. The minimum atomic E-state index is 0.0809. The zero-order chi connectivity index (χ0) is 17.2. The summed E-state index contributed by atoms with van der Waals surface area (Å²) in [5.41, 5.74) is 0. The molecule has 1 unspecified atom stereocenters. The number of piperidine rings is 1. The van der Waals surface area contributed by atoms with Crippen LogP contribution in [0.5, 0.6) is 5.75 Å². The molecule has 0 aromatic heterocycles. The van der Waals surface area contributed by atoms with Crippen molar-refractivity contribution in [2.24, 2.45) is 4.99 Å². The van der Waals surface area contributed by atoms with Crippen LogP contribution in [0.25, 0.3) is 0 Å². The van der Waals surface area contributed by atoms with Gasteiger partial charge in [-0.3, -0.25) is 4.99 Å². The van der Waals surface area contributed by atoms with Crippen LogP contribution in [0.4, 0.5) is 0 Å². The summed E-state index contributed by atoms with van der Waals surface area (Å²) in [4.78, 5) is 6.89. The predicted molar refractivity (Wildman–Crippen MR) is 101 cm³/mol. The molecule has 0 spiro atoms. The van der Waals surface area contributed by atoms with Crippen molar-refractivity contribution in [1.82, 2.24) is 15.5 Å². The van der Waals surface area contributed by atoms with E-state index in [1.54, 1.807) is 0 Å². The van der Waals surface area contributed by atoms with Crippen molar-refractivity contribution >= 4 is 5.96 Å². The Morgan fingerprint density at radius 3 is 2.62 bits per heavy atom. The smallest absolute Gasteiger partial charge is 0.191 e. The maximum absolute atomic E-state index is 5.89. The molecule has 1 aromatic rings. The lowest BCUT2D eigenvalue weighted by molar-refractivity contribution is 0.205. The van der Waals surface area contributed by atoms with Gasteiger partial charge in [-0.15, -0.1) is 0 Å². The molecule has 5 heteroatoms. The van der Waals surface area contributed by atoms with Gasteiger partial charge in [0.2, 0.25) is 0 Å². The van der Waals surface area contributed by atoms with E-state index in [1.165, 1.54) is 38.9 Å². The van der Waals surface area contributed by atoms with Gasteiger partial charge in [0.25, 0.3) is 0 Å². The summed E-state index contributed by atoms with van der Waals surface area (Å²) in [7, 11) is 1.82. The van der Waals surface area contributed by atoms with Crippen molar-refractivity contribution in [1.29, 1.82) is 0 Å². The highest BCUT2D eigenvalue weighted by Crippen LogP contribution is 2.11. The second-order valence-electron chi connectivity index (χ2n) is 6.45. The first-order chi connectivity index (χ1) is 11.7. The van der Waals surface area contributed by atoms with Crippen molar-refractivity contribution in [2.45, 2.75) is 45.3 Å². The van der Waals surface area contributed by atoms with Gasteiger partial charge in [-0.2, -0.15) is 0 Å². The minimum absolute atomic E-state index is 0.0809. The average Bonchev–Trinajstić information content (AvgIpc) is 2.61. The Labute approximate surface area is 146 Å². The summed E-state index contributed by atoms with van der Waals surface area (Å²) in [6, 6.07) is 10.4. The molecule has 1 saturated heterocycles. The van der Waals surface area contributed by atoms with Crippen LogP contribution in [0.15, 0.2) is 35.3 Å². The highest BCUT2D eigenvalue weighted by Gasteiger charge is 2.19. The summed E-state index contributed by atoms with van der Waals surface area (Å²) in [6.45, 7) is 8.61. The number of para-hydroxylation sites is 1. The molecule has 1 atom stereocenters. The molecule has 0 bridgehead atoms. The molecule has 2 N–H and O–H groups in total. The van der Waals surface area contributed by atoms with Crippen LogP contribution >= 0.6 is 0 Å². The fourth-order valence-electron chi connectivity index (χ4n) is 3.02. The van der Waals surface area contributed by atoms with E-state index in [-0.39, 0.29) is 6.10 Å². The number of rotatable bonds is 7. The van der Waals surface area contributed by atoms with Gasteiger partial charge in [-0.05, 0) is 44.9 Å². The fourth-order valence-corrected chi connectivity index (χ4v) is 3.02. The molecule has 1 heterocycles. The largest absolute Gasteiger partial charge is 0.489 e. The lowest BCUT2D eigenvalue weighted by atomic mass is 10.1. The van der Waals surface area contributed by atoms with Crippen molar-refractivity contribution in [3.05, 3.63) is 30.3 Å². The number of likely N-dealkylation sites (tertiary alicyclic amines) is 1. The van der Waals surface area contributed by atoms with Gasteiger partial charge in [0.15, 0.2) is 5.96 Å². The molecule has 0 aliphatic carbocycles. The van der Waals surface area contributed by atoms with Crippen LogP contribution < -0.4 is 15.4 Å². The highest BCUT2D eigenvalue weighted by molar-refractivity contribution is 5.80. The van der Waals surface area contributed by atoms with Crippen molar-refractivity contribution in [2.75, 3.05) is 33.2 Å². The molecular formula is C19H32N4O. The van der Waals surface area contributed by atoms with Crippen LogP contribution in [0.2, 0.25) is 0 Å². The normalized spacial score (nSPS) is 18.2. The Kier molecular flexibility index (Phi) is 7.89. The Balaban J connectivity index is 1.69. The number of nitrogens with zero attached hydrogens (tertiary/aromatic N) is 2. The monoisotopic (exact) mass is 332 g/mol. The molecule has 0 radical (unpaired) electrons. The lowest BCUT2D eigenvalue weighted by Gasteiger charge is -2.33. The van der Waals surface area contributed by atoms with E-state index in [2.05, 4.69) is 34.4 Å². The zero-order valence-electron chi connectivity index (χ0n) is 15.3. The molecule has 1 fully saturated rings. The first kappa shape index (κ1) is 18.6. The minimum Gasteiger partial charge on any atom is -0.489 e. The molecule has 1 aliphatic rings. The van der Waals surface area contributed by atoms with E-state index in [9.17, 15) is 0 Å². The molecule has 2 rings (SSSR count). The summed E-state index contributed by atoms with van der Waals surface area (Å²) in [6.07, 6.45) is 3.67. The fraction of sp³-hybridized carbons (Fsp3) is 0.632. The van der Waals surface area contributed by atoms with Crippen LogP contribution in [0.3, 0.4) is 0 Å². The summed E-state index contributed by atoms with van der Waals surface area (Å²) >= 11 is 0. The molecule has 134 valence electrons. The summed E-state index contributed by atoms with van der Waals surface area (Å²) < 4.78 is 5.89. The molecule has 24 heavy (non-hydrogen) atoms. The van der Waals surface area contributed by atoms with Crippen molar-refractivity contribution in [3.63, 3.8) is 0 Å². The van der Waals surface area contributed by atoms with E-state index in [0.717, 1.165) is 18.3 Å². The predicted octanol–water partition coefficient (Wildman–Crippen LogP) is 2.49. The van der Waals surface area contributed by atoms with Gasteiger partial charge in [0, 0.05) is 26.2 Å². The van der Waals surface area contributed by atoms with E-state index in [4.69, 9.17) is 4.74 Å². The number of benzene rings is 1. The van der Waals surface area contributed by atoms with Crippen LogP contribution in [-0.2, 0) is 0 Å². The van der Waals surface area contributed by atoms with Crippen LogP contribution in [-0.4, -0.2) is 56.2 Å². The Morgan fingerprint density at radius 1 is 1.29 bits per heavy atom. The number of aliphatic imine (C=N–C) groups is 1. The van der Waals surface area contributed by atoms with Gasteiger partial charge >= 0.3 is 0 Å². The second kappa shape index (κ2) is 10.2. The summed E-state index contributed by atoms with van der Waals surface area (Å²) in [5.74, 6) is 1.77. The first-order valence-corrected chi connectivity index (χ1v) is 9.12. The topological polar surface area (TPSA) is 48.9 Å². The van der Waals surface area contributed by atoms with Gasteiger partial charge in [-0.1, -0.05) is 25.1 Å². The first-order valence-electron chi connectivity index (χ1n) is 9.12. The van der Waals surface area contributed by atoms with E-state index < -0.39 is 0 Å². The second-order valence-corrected chi connectivity index (χ2v) is 6.45. The Hall–Kier alpha value is -1.75. The maximum Gasteiger partial charge on any atom is 0.191 e. The van der Waals surface area contributed by atoms with Gasteiger partial charge in [0.1, 0.15) is 11.9 Å². The number of ether oxygens (including phenoxy) is 1. The number of nitrogens with one attached hydrogen (secondary N) is 2. The number of guanidine groups is 1. The van der Waals surface area contributed by atoms with Crippen LogP contribution in [0.1, 0.15) is 33.1 Å². The zero-order valence-corrected chi connectivity index (χ0v) is 15.3. The standard InChI is InChI=1S/C19H32N4O/c1-4-12-23-13-10-17(11-14-23)22-19(20-3)21-15-16(2)24-18-8-6-5-7-9-18/h5-9,16-17H,4,10-15H2,1-3H3,(H2,20,21,22). The maximum atomic E-state index is 5.89. The van der Waals surface area contributed by atoms with Gasteiger partial charge in [-0.25, -0.2) is 0 Å². The third-order valence-electron chi connectivity index (χ3n) is 4.33. The van der Waals surface area contributed by atoms with Gasteiger partial charge in [0.05, 0.1) is 6.54 Å². The molecular weight excluding hydrogens is 300 g/mol. The SMILES string of the molecule is CCCN1CCC(NC(=NC)NCC(C)Oc2ccccc2)CC1. The molecule has 1 aliphatic heterocycles. The van der Waals surface area contributed by atoms with Crippen LogP contribution in [0, 0.1) is 0 Å². The lowest BCUT2D eigenvalue weighted by Crippen LogP contribution is -2.50. The third kappa shape index (κ3) is 6.40. The Morgan fingerprint density at radius 2 is 2.00 bits per heavy atom. The molecule has 0 amide bonds. The molecule has 1 aromatic carbocycles. The number of hydrogen-bond donors (Lipinski definition) is 2. The summed E-state index contributed by atoms with van der Waals surface area (Å²) in [5, 5.41) is 6.92.